The van der Waals surface area contributed by atoms with Gasteiger partial charge in [0.15, 0.2) is 0 Å². The zero-order chi connectivity index (χ0) is 12.4. The maximum absolute atomic E-state index is 11.9. The number of aromatic amines is 1. The largest absolute Gasteiger partial charge is 0.345 e. The van der Waals surface area contributed by atoms with E-state index in [0.29, 0.717) is 12.5 Å². The molecule has 5 nitrogen and oxygen atoms in total. The van der Waals surface area contributed by atoms with Crippen molar-refractivity contribution in [3.8, 4) is 0 Å². The highest BCUT2D eigenvalue weighted by Crippen LogP contribution is 2.16. The standard InChI is InChI=1S/C13H16N4O/c18-13(7-9-2-1-5-14-9)17-10-3-4-11-12(6-10)16-8-15-11/h3-4,6,8-9,14H,1-2,5,7H2,(H,15,16)(H,17,18). The molecule has 0 bridgehead atoms. The highest BCUT2D eigenvalue weighted by atomic mass is 16.1. The topological polar surface area (TPSA) is 69.8 Å². The van der Waals surface area contributed by atoms with Crippen LogP contribution in [0, 0.1) is 0 Å². The van der Waals surface area contributed by atoms with Crippen LogP contribution in [0.1, 0.15) is 19.3 Å². The predicted octanol–water partition coefficient (Wildman–Crippen LogP) is 1.64. The zero-order valence-electron chi connectivity index (χ0n) is 10.1. The maximum atomic E-state index is 11.9. The molecule has 2 heterocycles. The van der Waals surface area contributed by atoms with E-state index in [1.165, 1.54) is 0 Å². The van der Waals surface area contributed by atoms with Gasteiger partial charge >= 0.3 is 0 Å². The van der Waals surface area contributed by atoms with Crippen LogP contribution in [-0.4, -0.2) is 28.5 Å². The van der Waals surface area contributed by atoms with Crippen molar-refractivity contribution in [3.63, 3.8) is 0 Å². The second-order valence-electron chi connectivity index (χ2n) is 4.68. The molecule has 18 heavy (non-hydrogen) atoms. The highest BCUT2D eigenvalue weighted by Gasteiger charge is 2.17. The fourth-order valence-electron chi connectivity index (χ4n) is 2.38. The number of fused-ring (bicyclic) bond motifs is 1. The van der Waals surface area contributed by atoms with Gasteiger partial charge in [0.25, 0.3) is 0 Å². The summed E-state index contributed by atoms with van der Waals surface area (Å²) in [6.45, 7) is 1.03. The Balaban J connectivity index is 1.65. The molecule has 1 aliphatic heterocycles. The molecule has 0 saturated carbocycles. The van der Waals surface area contributed by atoms with Gasteiger partial charge in [-0.25, -0.2) is 4.98 Å². The molecule has 5 heteroatoms. The summed E-state index contributed by atoms with van der Waals surface area (Å²) in [5.74, 6) is 0.0632. The lowest BCUT2D eigenvalue weighted by molar-refractivity contribution is -0.116. The van der Waals surface area contributed by atoms with Crippen molar-refractivity contribution in [3.05, 3.63) is 24.5 Å². The van der Waals surface area contributed by atoms with Gasteiger partial charge in [-0.2, -0.15) is 0 Å². The molecular weight excluding hydrogens is 228 g/mol. The van der Waals surface area contributed by atoms with Gasteiger partial charge in [0.05, 0.1) is 17.4 Å². The van der Waals surface area contributed by atoms with Gasteiger partial charge < -0.3 is 15.6 Å². The molecule has 1 aromatic carbocycles. The summed E-state index contributed by atoms with van der Waals surface area (Å²) in [5, 5.41) is 6.25. The Morgan fingerprint density at radius 3 is 3.28 bits per heavy atom. The number of anilines is 1. The summed E-state index contributed by atoms with van der Waals surface area (Å²) < 4.78 is 0. The first-order valence-electron chi connectivity index (χ1n) is 6.27. The molecule has 1 saturated heterocycles. The molecule has 1 amide bonds. The number of carbonyl (C=O) groups excluding carboxylic acids is 1. The molecule has 2 aromatic rings. The van der Waals surface area contributed by atoms with E-state index in [1.807, 2.05) is 18.2 Å². The molecule has 0 spiro atoms. The predicted molar refractivity (Wildman–Crippen MR) is 70.4 cm³/mol. The molecule has 1 aromatic heterocycles. The number of hydrogen-bond donors (Lipinski definition) is 3. The number of benzene rings is 1. The van der Waals surface area contributed by atoms with Crippen LogP contribution in [0.15, 0.2) is 24.5 Å². The van der Waals surface area contributed by atoms with Crippen molar-refractivity contribution >= 4 is 22.6 Å². The van der Waals surface area contributed by atoms with Crippen molar-refractivity contribution in [2.24, 2.45) is 0 Å². The number of imidazole rings is 1. The Morgan fingerprint density at radius 2 is 2.44 bits per heavy atom. The van der Waals surface area contributed by atoms with Gasteiger partial charge in [-0.3, -0.25) is 4.79 Å². The molecule has 3 N–H and O–H groups in total. The molecule has 0 aliphatic carbocycles. The third kappa shape index (κ3) is 2.36. The van der Waals surface area contributed by atoms with E-state index in [9.17, 15) is 4.79 Å². The molecule has 1 aliphatic rings. The summed E-state index contributed by atoms with van der Waals surface area (Å²) in [6, 6.07) is 6.02. The molecular formula is C13H16N4O. The first kappa shape index (κ1) is 11.2. The minimum Gasteiger partial charge on any atom is -0.345 e. The normalized spacial score (nSPS) is 19.2. The number of carbonyl (C=O) groups is 1. The number of H-pyrrole nitrogens is 1. The van der Waals surface area contributed by atoms with E-state index >= 15 is 0 Å². The van der Waals surface area contributed by atoms with Crippen molar-refractivity contribution in [1.29, 1.82) is 0 Å². The minimum absolute atomic E-state index is 0.0632. The minimum atomic E-state index is 0.0632. The van der Waals surface area contributed by atoms with E-state index in [1.54, 1.807) is 6.33 Å². The van der Waals surface area contributed by atoms with Crippen LogP contribution in [0.2, 0.25) is 0 Å². The Labute approximate surface area is 105 Å². The van der Waals surface area contributed by atoms with Crippen LogP contribution in [-0.2, 0) is 4.79 Å². The van der Waals surface area contributed by atoms with Crippen LogP contribution < -0.4 is 10.6 Å². The van der Waals surface area contributed by atoms with Crippen molar-refractivity contribution in [1.82, 2.24) is 15.3 Å². The van der Waals surface area contributed by atoms with E-state index in [0.717, 1.165) is 36.1 Å². The summed E-state index contributed by atoms with van der Waals surface area (Å²) in [7, 11) is 0. The monoisotopic (exact) mass is 244 g/mol. The van der Waals surface area contributed by atoms with Gasteiger partial charge in [0.2, 0.25) is 5.91 Å². The van der Waals surface area contributed by atoms with Gasteiger partial charge in [0, 0.05) is 18.2 Å². The Hall–Kier alpha value is -1.88. The average Bonchev–Trinajstić information content (AvgIpc) is 2.98. The number of nitrogens with zero attached hydrogens (tertiary/aromatic N) is 1. The van der Waals surface area contributed by atoms with E-state index in [-0.39, 0.29) is 5.91 Å². The summed E-state index contributed by atoms with van der Waals surface area (Å²) in [5.41, 5.74) is 2.66. The maximum Gasteiger partial charge on any atom is 0.225 e. The quantitative estimate of drug-likeness (QED) is 0.768. The Kier molecular flexibility index (Phi) is 2.98. The fourth-order valence-corrected chi connectivity index (χ4v) is 2.38. The second-order valence-corrected chi connectivity index (χ2v) is 4.68. The number of nitrogens with one attached hydrogen (secondary N) is 3. The first-order valence-corrected chi connectivity index (χ1v) is 6.27. The molecule has 1 fully saturated rings. The van der Waals surface area contributed by atoms with E-state index in [2.05, 4.69) is 20.6 Å². The third-order valence-electron chi connectivity index (χ3n) is 3.30. The van der Waals surface area contributed by atoms with Crippen LogP contribution >= 0.6 is 0 Å². The smallest absolute Gasteiger partial charge is 0.225 e. The van der Waals surface area contributed by atoms with Crippen LogP contribution in [0.25, 0.3) is 11.0 Å². The third-order valence-corrected chi connectivity index (χ3v) is 3.30. The molecule has 94 valence electrons. The van der Waals surface area contributed by atoms with Crippen molar-refractivity contribution in [2.45, 2.75) is 25.3 Å². The average molecular weight is 244 g/mol. The molecule has 1 unspecified atom stereocenters. The Morgan fingerprint density at radius 1 is 1.50 bits per heavy atom. The molecule has 1 atom stereocenters. The number of amides is 1. The van der Waals surface area contributed by atoms with Crippen LogP contribution in [0.4, 0.5) is 5.69 Å². The second kappa shape index (κ2) is 4.78. The fraction of sp³-hybridized carbons (Fsp3) is 0.385. The van der Waals surface area contributed by atoms with E-state index in [4.69, 9.17) is 0 Å². The van der Waals surface area contributed by atoms with Crippen molar-refractivity contribution in [2.75, 3.05) is 11.9 Å². The lowest BCUT2D eigenvalue weighted by atomic mass is 10.1. The first-order chi connectivity index (χ1) is 8.81. The SMILES string of the molecule is O=C(CC1CCCN1)Nc1ccc2nc[nH]c2c1. The van der Waals surface area contributed by atoms with Gasteiger partial charge in [0.1, 0.15) is 0 Å². The lowest BCUT2D eigenvalue weighted by Gasteiger charge is -2.10. The number of aromatic nitrogens is 2. The summed E-state index contributed by atoms with van der Waals surface area (Å²) >= 11 is 0. The zero-order valence-corrected chi connectivity index (χ0v) is 10.1. The van der Waals surface area contributed by atoms with Gasteiger partial charge in [-0.15, -0.1) is 0 Å². The van der Waals surface area contributed by atoms with Crippen LogP contribution in [0.3, 0.4) is 0 Å². The molecule has 0 radical (unpaired) electrons. The van der Waals surface area contributed by atoms with Gasteiger partial charge in [-0.05, 0) is 37.6 Å². The number of hydrogen-bond acceptors (Lipinski definition) is 3. The van der Waals surface area contributed by atoms with E-state index < -0.39 is 0 Å². The highest BCUT2D eigenvalue weighted by molar-refractivity contribution is 5.93. The van der Waals surface area contributed by atoms with Crippen LogP contribution in [0.5, 0.6) is 0 Å². The number of rotatable bonds is 3. The Bertz CT molecular complexity index is 557. The lowest BCUT2D eigenvalue weighted by Crippen LogP contribution is -2.27. The van der Waals surface area contributed by atoms with Crippen molar-refractivity contribution < 1.29 is 4.79 Å². The summed E-state index contributed by atoms with van der Waals surface area (Å²) in [6.07, 6.45) is 4.45. The molecule has 3 rings (SSSR count). The van der Waals surface area contributed by atoms with Gasteiger partial charge in [-0.1, -0.05) is 0 Å². The summed E-state index contributed by atoms with van der Waals surface area (Å²) in [4.78, 5) is 19.0.